The number of pyridine rings is 1. The molecule has 158 valence electrons. The molecule has 0 aliphatic carbocycles. The normalized spacial score (nSPS) is 13.6. The molecule has 0 fully saturated rings. The van der Waals surface area contributed by atoms with Crippen LogP contribution in [0.3, 0.4) is 0 Å². The van der Waals surface area contributed by atoms with Gasteiger partial charge < -0.3 is 14.5 Å². The molecule has 1 aliphatic heterocycles. The smallest absolute Gasteiger partial charge is 0.417 e. The first-order valence-corrected chi connectivity index (χ1v) is 10.1. The van der Waals surface area contributed by atoms with Gasteiger partial charge in [-0.3, -0.25) is 9.69 Å². The summed E-state index contributed by atoms with van der Waals surface area (Å²) in [6.07, 6.45) is 8.46. The number of carbonyl (C=O) groups is 2. The predicted octanol–water partition coefficient (Wildman–Crippen LogP) is 5.39. The summed E-state index contributed by atoms with van der Waals surface area (Å²) in [6, 6.07) is 8.48. The molecule has 4 rings (SSSR count). The van der Waals surface area contributed by atoms with Crippen LogP contribution in [0.2, 0.25) is 10.0 Å². The SMILES string of the molecule is COC(=O)N1C=CC(c2c(C)nc3c(NC(=O)c4c(Cl)cccc4Cl)cccn23)C=C1. The molecule has 1 aromatic carbocycles. The zero-order valence-corrected chi connectivity index (χ0v) is 18.2. The summed E-state index contributed by atoms with van der Waals surface area (Å²) >= 11 is 12.3. The molecular weight excluding hydrogens is 439 g/mol. The number of imidazole rings is 1. The summed E-state index contributed by atoms with van der Waals surface area (Å²) in [5, 5.41) is 3.40. The monoisotopic (exact) mass is 456 g/mol. The Morgan fingerprint density at radius 1 is 1.10 bits per heavy atom. The number of nitrogens with one attached hydrogen (secondary N) is 1. The highest BCUT2D eigenvalue weighted by Gasteiger charge is 2.22. The molecule has 3 heterocycles. The van der Waals surface area contributed by atoms with E-state index in [1.807, 2.05) is 35.7 Å². The van der Waals surface area contributed by atoms with Gasteiger partial charge in [0.2, 0.25) is 0 Å². The van der Waals surface area contributed by atoms with Crippen LogP contribution in [-0.4, -0.2) is 33.4 Å². The number of nitrogens with zero attached hydrogens (tertiary/aromatic N) is 3. The van der Waals surface area contributed by atoms with Gasteiger partial charge in [0.15, 0.2) is 5.65 Å². The number of methoxy groups -OCH3 is 1. The summed E-state index contributed by atoms with van der Waals surface area (Å²) in [4.78, 5) is 30.5. The van der Waals surface area contributed by atoms with Crippen molar-refractivity contribution in [3.05, 3.63) is 88.1 Å². The van der Waals surface area contributed by atoms with E-state index in [0.717, 1.165) is 11.4 Å². The standard InChI is InChI=1S/C22H18Cl2N4O3/c1-13-19(14-8-11-27(12-9-14)22(30)31-2)28-10-4-7-17(20(28)25-13)26-21(29)18-15(23)5-3-6-16(18)24/h3-12,14H,1-2H3,(H,26,29). The zero-order chi connectivity index (χ0) is 22.1. The van der Waals surface area contributed by atoms with E-state index in [1.165, 1.54) is 12.0 Å². The summed E-state index contributed by atoms with van der Waals surface area (Å²) in [5.41, 5.74) is 3.03. The maximum atomic E-state index is 12.8. The van der Waals surface area contributed by atoms with Crippen molar-refractivity contribution < 1.29 is 14.3 Å². The third-order valence-electron chi connectivity index (χ3n) is 4.92. The number of halogens is 2. The lowest BCUT2D eigenvalue weighted by molar-refractivity contribution is 0.102. The molecule has 0 spiro atoms. The van der Waals surface area contributed by atoms with Crippen LogP contribution in [0.15, 0.2) is 61.1 Å². The largest absolute Gasteiger partial charge is 0.452 e. The van der Waals surface area contributed by atoms with Crippen LogP contribution in [0.25, 0.3) is 5.65 Å². The van der Waals surface area contributed by atoms with Crippen LogP contribution in [0.4, 0.5) is 10.5 Å². The molecule has 31 heavy (non-hydrogen) atoms. The van der Waals surface area contributed by atoms with Gasteiger partial charge in [-0.15, -0.1) is 0 Å². The van der Waals surface area contributed by atoms with Crippen LogP contribution >= 0.6 is 23.2 Å². The van der Waals surface area contributed by atoms with Crippen molar-refractivity contribution in [2.24, 2.45) is 0 Å². The van der Waals surface area contributed by atoms with E-state index < -0.39 is 12.0 Å². The second kappa shape index (κ2) is 8.45. The van der Waals surface area contributed by atoms with Crippen LogP contribution in [-0.2, 0) is 4.74 Å². The number of hydrogen-bond donors (Lipinski definition) is 1. The predicted molar refractivity (Wildman–Crippen MR) is 120 cm³/mol. The Morgan fingerprint density at radius 2 is 1.77 bits per heavy atom. The zero-order valence-electron chi connectivity index (χ0n) is 16.7. The van der Waals surface area contributed by atoms with Crippen molar-refractivity contribution in [3.8, 4) is 0 Å². The molecule has 7 nitrogen and oxygen atoms in total. The van der Waals surface area contributed by atoms with Gasteiger partial charge in [-0.05, 0) is 31.2 Å². The number of amides is 2. The molecule has 2 aromatic heterocycles. The fourth-order valence-corrected chi connectivity index (χ4v) is 4.06. The third-order valence-corrected chi connectivity index (χ3v) is 5.55. The fourth-order valence-electron chi connectivity index (χ4n) is 3.49. The highest BCUT2D eigenvalue weighted by molar-refractivity contribution is 6.40. The number of fused-ring (bicyclic) bond motifs is 1. The first-order chi connectivity index (χ1) is 14.9. The molecule has 0 atom stereocenters. The quantitative estimate of drug-likeness (QED) is 0.572. The number of anilines is 1. The van der Waals surface area contributed by atoms with Gasteiger partial charge in [-0.1, -0.05) is 41.4 Å². The van der Waals surface area contributed by atoms with Crippen molar-refractivity contribution in [2.45, 2.75) is 12.8 Å². The Morgan fingerprint density at radius 3 is 2.42 bits per heavy atom. The molecule has 3 aromatic rings. The van der Waals surface area contributed by atoms with Crippen molar-refractivity contribution >= 4 is 46.5 Å². The van der Waals surface area contributed by atoms with Gasteiger partial charge in [0.05, 0.1) is 39.8 Å². The Bertz CT molecular complexity index is 1210. The van der Waals surface area contributed by atoms with Crippen molar-refractivity contribution in [2.75, 3.05) is 12.4 Å². The summed E-state index contributed by atoms with van der Waals surface area (Å²) < 4.78 is 6.63. The average Bonchev–Trinajstić information content (AvgIpc) is 3.10. The highest BCUT2D eigenvalue weighted by Crippen LogP contribution is 2.30. The maximum absolute atomic E-state index is 12.8. The summed E-state index contributed by atoms with van der Waals surface area (Å²) in [5.74, 6) is -0.531. The second-order valence-corrected chi connectivity index (χ2v) is 7.65. The number of carbonyl (C=O) groups excluding carboxylic acids is 2. The topological polar surface area (TPSA) is 75.9 Å². The molecular formula is C22H18Cl2N4O3. The Kier molecular flexibility index (Phi) is 5.71. The lowest BCUT2D eigenvalue weighted by Crippen LogP contribution is -2.22. The van der Waals surface area contributed by atoms with Crippen molar-refractivity contribution in [3.63, 3.8) is 0 Å². The molecule has 0 saturated carbocycles. The molecule has 9 heteroatoms. The fraction of sp³-hybridized carbons (Fsp3) is 0.136. The van der Waals surface area contributed by atoms with E-state index in [2.05, 4.69) is 10.3 Å². The minimum absolute atomic E-state index is 0.111. The van der Waals surface area contributed by atoms with Gasteiger partial charge in [0.1, 0.15) is 0 Å². The van der Waals surface area contributed by atoms with E-state index in [9.17, 15) is 9.59 Å². The minimum Gasteiger partial charge on any atom is -0.452 e. The number of benzene rings is 1. The average molecular weight is 457 g/mol. The van der Waals surface area contributed by atoms with Gasteiger partial charge in [0.25, 0.3) is 5.91 Å². The number of aromatic nitrogens is 2. The maximum Gasteiger partial charge on any atom is 0.417 e. The van der Waals surface area contributed by atoms with Crippen LogP contribution in [0.1, 0.15) is 27.7 Å². The molecule has 2 amide bonds. The molecule has 1 aliphatic rings. The summed E-state index contributed by atoms with van der Waals surface area (Å²) in [6.45, 7) is 1.90. The summed E-state index contributed by atoms with van der Waals surface area (Å²) in [7, 11) is 1.33. The van der Waals surface area contributed by atoms with E-state index in [4.69, 9.17) is 27.9 Å². The number of ether oxygens (including phenoxy) is 1. The van der Waals surface area contributed by atoms with Crippen LogP contribution in [0.5, 0.6) is 0 Å². The Labute approximate surface area is 188 Å². The number of hydrogen-bond acceptors (Lipinski definition) is 4. The van der Waals surface area contributed by atoms with Gasteiger partial charge in [-0.2, -0.15) is 0 Å². The van der Waals surface area contributed by atoms with Crippen molar-refractivity contribution in [1.29, 1.82) is 0 Å². The van der Waals surface area contributed by atoms with Crippen LogP contribution in [0, 0.1) is 6.92 Å². The lowest BCUT2D eigenvalue weighted by Gasteiger charge is -2.19. The van der Waals surface area contributed by atoms with E-state index in [0.29, 0.717) is 11.3 Å². The van der Waals surface area contributed by atoms with Gasteiger partial charge >= 0.3 is 6.09 Å². The Balaban J connectivity index is 1.68. The van der Waals surface area contributed by atoms with E-state index in [-0.39, 0.29) is 21.5 Å². The number of rotatable bonds is 3. The van der Waals surface area contributed by atoms with Crippen LogP contribution < -0.4 is 5.32 Å². The number of allylic oxidation sites excluding steroid dienone is 2. The number of aryl methyl sites for hydroxylation is 1. The van der Waals surface area contributed by atoms with E-state index in [1.54, 1.807) is 36.7 Å². The third kappa shape index (κ3) is 3.89. The van der Waals surface area contributed by atoms with Gasteiger partial charge in [-0.25, -0.2) is 9.78 Å². The van der Waals surface area contributed by atoms with Gasteiger partial charge in [0, 0.05) is 24.5 Å². The van der Waals surface area contributed by atoms with E-state index >= 15 is 0 Å². The molecule has 0 unspecified atom stereocenters. The molecule has 0 bridgehead atoms. The minimum atomic E-state index is -0.468. The first-order valence-electron chi connectivity index (χ1n) is 9.36. The molecule has 0 radical (unpaired) electrons. The first kappa shape index (κ1) is 21.0. The molecule has 0 saturated heterocycles. The second-order valence-electron chi connectivity index (χ2n) is 6.83. The van der Waals surface area contributed by atoms with Crippen molar-refractivity contribution in [1.82, 2.24) is 14.3 Å². The Hall–Kier alpha value is -3.29. The lowest BCUT2D eigenvalue weighted by atomic mass is 10.0. The molecule has 1 N–H and O–H groups in total. The highest BCUT2D eigenvalue weighted by atomic mass is 35.5.